The minimum Gasteiger partial charge on any atom is -0.433 e. The number of fused-ring (bicyclic) bond motifs is 1. The van der Waals surface area contributed by atoms with Crippen molar-refractivity contribution in [1.29, 1.82) is 5.26 Å². The molecule has 1 fully saturated rings. The van der Waals surface area contributed by atoms with Crippen molar-refractivity contribution < 1.29 is 13.5 Å². The van der Waals surface area contributed by atoms with Crippen LogP contribution < -0.4 is 9.75 Å². The number of nitriles is 1. The number of ether oxygens (including phenoxy) is 1. The lowest BCUT2D eigenvalue weighted by Gasteiger charge is -2.36. The fraction of sp³-hybridized carbons (Fsp3) is 0.320. The molecule has 4 rings (SSSR count). The zero-order valence-corrected chi connectivity index (χ0v) is 17.5. The van der Waals surface area contributed by atoms with Crippen LogP contribution in [-0.4, -0.2) is 24.2 Å². The van der Waals surface area contributed by atoms with Crippen LogP contribution in [0.2, 0.25) is 0 Å². The molecular weight excluding hydrogens is 396 g/mol. The Morgan fingerprint density at radius 3 is 2.52 bits per heavy atom. The van der Waals surface area contributed by atoms with E-state index in [-0.39, 0.29) is 5.75 Å². The maximum absolute atomic E-state index is 13.3. The van der Waals surface area contributed by atoms with E-state index in [4.69, 9.17) is 4.74 Å². The number of hydrogen-bond donors (Lipinski definition) is 0. The standard InChI is InChI=1S/C25H25F2N3O/c1-25(26,27)31-21-9-7-8-19(16-21)18-29-14-5-2-6-15-30(29)24-13-12-20(17-28)22-10-3-4-11-23(22)24/h3-4,7-13,16H,2,5-6,14-15,18H2,1H3. The number of hydrazine groups is 1. The lowest BCUT2D eigenvalue weighted by Crippen LogP contribution is -2.42. The smallest absolute Gasteiger partial charge is 0.394 e. The Kier molecular flexibility index (Phi) is 6.06. The second kappa shape index (κ2) is 8.91. The first-order valence-electron chi connectivity index (χ1n) is 10.5. The monoisotopic (exact) mass is 421 g/mol. The summed E-state index contributed by atoms with van der Waals surface area (Å²) in [6, 6.07) is 21.0. The van der Waals surface area contributed by atoms with Gasteiger partial charge in [0.05, 0.1) is 17.3 Å². The summed E-state index contributed by atoms with van der Waals surface area (Å²) in [4.78, 5) is 0. The summed E-state index contributed by atoms with van der Waals surface area (Å²) in [7, 11) is 0. The van der Waals surface area contributed by atoms with Gasteiger partial charge in [0.25, 0.3) is 0 Å². The minimum atomic E-state index is -3.21. The average Bonchev–Trinajstić information content (AvgIpc) is 2.97. The number of benzene rings is 3. The number of anilines is 1. The van der Waals surface area contributed by atoms with Crippen molar-refractivity contribution in [2.75, 3.05) is 18.1 Å². The van der Waals surface area contributed by atoms with E-state index < -0.39 is 6.11 Å². The van der Waals surface area contributed by atoms with Gasteiger partial charge in [-0.05, 0) is 42.7 Å². The molecule has 0 aliphatic carbocycles. The van der Waals surface area contributed by atoms with Crippen molar-refractivity contribution >= 4 is 16.5 Å². The van der Waals surface area contributed by atoms with E-state index in [9.17, 15) is 14.0 Å². The summed E-state index contributed by atoms with van der Waals surface area (Å²) < 4.78 is 31.3. The average molecular weight is 421 g/mol. The van der Waals surface area contributed by atoms with Gasteiger partial charge in [0.2, 0.25) is 0 Å². The molecule has 0 atom stereocenters. The van der Waals surface area contributed by atoms with E-state index in [2.05, 4.69) is 16.1 Å². The molecule has 1 aliphatic heterocycles. The van der Waals surface area contributed by atoms with Crippen LogP contribution in [0.3, 0.4) is 0 Å². The molecule has 0 bridgehead atoms. The third kappa shape index (κ3) is 4.95. The van der Waals surface area contributed by atoms with E-state index in [1.165, 1.54) is 0 Å². The normalized spacial score (nSPS) is 15.5. The summed E-state index contributed by atoms with van der Waals surface area (Å²) >= 11 is 0. The number of hydrogen-bond acceptors (Lipinski definition) is 4. The maximum atomic E-state index is 13.3. The van der Waals surface area contributed by atoms with Crippen molar-refractivity contribution in [3.8, 4) is 11.8 Å². The third-order valence-corrected chi connectivity index (χ3v) is 5.49. The van der Waals surface area contributed by atoms with Crippen LogP contribution in [0.15, 0.2) is 60.7 Å². The van der Waals surface area contributed by atoms with Gasteiger partial charge in [-0.1, -0.05) is 42.8 Å². The van der Waals surface area contributed by atoms with Crippen LogP contribution in [-0.2, 0) is 6.54 Å². The van der Waals surface area contributed by atoms with Crippen molar-refractivity contribution in [2.45, 2.75) is 38.8 Å². The molecule has 0 aromatic heterocycles. The summed E-state index contributed by atoms with van der Waals surface area (Å²) in [6.07, 6.45) is 0.0467. The number of nitrogens with zero attached hydrogens (tertiary/aromatic N) is 3. The molecule has 1 aliphatic rings. The Morgan fingerprint density at radius 1 is 0.968 bits per heavy atom. The molecule has 0 spiro atoms. The van der Waals surface area contributed by atoms with Gasteiger partial charge < -0.3 is 9.75 Å². The van der Waals surface area contributed by atoms with E-state index >= 15 is 0 Å². The second-order valence-corrected chi connectivity index (χ2v) is 7.92. The molecule has 0 saturated carbocycles. The first kappa shape index (κ1) is 21.1. The SMILES string of the molecule is CC(F)(F)Oc1cccc(CN2CCCCCN2c2ccc(C#N)c3ccccc23)c1. The highest BCUT2D eigenvalue weighted by atomic mass is 19.3. The van der Waals surface area contributed by atoms with Crippen molar-refractivity contribution in [2.24, 2.45) is 0 Å². The van der Waals surface area contributed by atoms with Crippen LogP contribution in [0.5, 0.6) is 5.75 Å². The van der Waals surface area contributed by atoms with Gasteiger partial charge in [0.1, 0.15) is 5.75 Å². The first-order chi connectivity index (χ1) is 14.9. The molecule has 0 radical (unpaired) electrons. The van der Waals surface area contributed by atoms with Crippen molar-refractivity contribution in [1.82, 2.24) is 5.01 Å². The quantitative estimate of drug-likeness (QED) is 0.498. The summed E-state index contributed by atoms with van der Waals surface area (Å²) in [5.74, 6) is 0.162. The van der Waals surface area contributed by atoms with Gasteiger partial charge in [-0.15, -0.1) is 0 Å². The molecule has 160 valence electrons. The highest BCUT2D eigenvalue weighted by Crippen LogP contribution is 2.32. The van der Waals surface area contributed by atoms with E-state index in [1.54, 1.807) is 18.2 Å². The Balaban J connectivity index is 1.68. The fourth-order valence-electron chi connectivity index (χ4n) is 4.16. The molecule has 3 aromatic rings. The molecule has 0 N–H and O–H groups in total. The molecule has 6 heteroatoms. The van der Waals surface area contributed by atoms with Crippen molar-refractivity contribution in [3.63, 3.8) is 0 Å². The third-order valence-electron chi connectivity index (χ3n) is 5.49. The van der Waals surface area contributed by atoms with Crippen LogP contribution in [0.4, 0.5) is 14.5 Å². The molecule has 0 unspecified atom stereocenters. The first-order valence-corrected chi connectivity index (χ1v) is 10.5. The number of alkyl halides is 2. The Labute approximate surface area is 181 Å². The zero-order chi connectivity index (χ0) is 21.8. The summed E-state index contributed by atoms with van der Waals surface area (Å²) in [5, 5.41) is 16.0. The van der Waals surface area contributed by atoms with Crippen LogP contribution in [0, 0.1) is 11.3 Å². The van der Waals surface area contributed by atoms with Gasteiger partial charge in [0, 0.05) is 37.3 Å². The van der Waals surface area contributed by atoms with Crippen LogP contribution >= 0.6 is 0 Å². The molecular formula is C25H25F2N3O. The molecule has 1 heterocycles. The predicted octanol–water partition coefficient (Wildman–Crippen LogP) is 6.11. The minimum absolute atomic E-state index is 0.162. The highest BCUT2D eigenvalue weighted by Gasteiger charge is 2.24. The molecule has 4 nitrogen and oxygen atoms in total. The van der Waals surface area contributed by atoms with E-state index in [1.807, 2.05) is 42.5 Å². The van der Waals surface area contributed by atoms with Crippen LogP contribution in [0.25, 0.3) is 10.8 Å². The zero-order valence-electron chi connectivity index (χ0n) is 17.5. The van der Waals surface area contributed by atoms with Gasteiger partial charge >= 0.3 is 6.11 Å². The molecule has 0 amide bonds. The van der Waals surface area contributed by atoms with Gasteiger partial charge in [-0.2, -0.15) is 14.0 Å². The topological polar surface area (TPSA) is 39.5 Å². The summed E-state index contributed by atoms with van der Waals surface area (Å²) in [6.45, 7) is 3.05. The molecule has 3 aromatic carbocycles. The number of rotatable bonds is 5. The van der Waals surface area contributed by atoms with Gasteiger partial charge in [0.15, 0.2) is 0 Å². The molecule has 31 heavy (non-hydrogen) atoms. The van der Waals surface area contributed by atoms with Gasteiger partial charge in [-0.3, -0.25) is 0 Å². The van der Waals surface area contributed by atoms with Crippen molar-refractivity contribution in [3.05, 3.63) is 71.8 Å². The largest absolute Gasteiger partial charge is 0.433 e. The predicted molar refractivity (Wildman–Crippen MR) is 118 cm³/mol. The Hall–Kier alpha value is -3.17. The Morgan fingerprint density at radius 2 is 1.74 bits per heavy atom. The van der Waals surface area contributed by atoms with E-state index in [0.717, 1.165) is 61.3 Å². The van der Waals surface area contributed by atoms with Crippen LogP contribution in [0.1, 0.15) is 37.3 Å². The Bertz CT molecular complexity index is 1100. The highest BCUT2D eigenvalue weighted by molar-refractivity contribution is 5.97. The lowest BCUT2D eigenvalue weighted by molar-refractivity contribution is -0.159. The second-order valence-electron chi connectivity index (χ2n) is 7.92. The maximum Gasteiger partial charge on any atom is 0.394 e. The van der Waals surface area contributed by atoms with E-state index in [0.29, 0.717) is 12.1 Å². The fourth-order valence-corrected chi connectivity index (χ4v) is 4.16. The summed E-state index contributed by atoms with van der Waals surface area (Å²) in [5.41, 5.74) is 2.63. The van der Waals surface area contributed by atoms with Gasteiger partial charge in [-0.25, -0.2) is 5.01 Å². The molecule has 1 saturated heterocycles. The number of halogens is 2. The lowest BCUT2D eigenvalue weighted by atomic mass is 10.0.